The Hall–Kier alpha value is -2.92. The average molecular weight is 493 g/mol. The summed E-state index contributed by atoms with van der Waals surface area (Å²) in [5.74, 6) is -2.29. The van der Waals surface area contributed by atoms with Crippen LogP contribution in [0.25, 0.3) is 0 Å². The lowest BCUT2D eigenvalue weighted by Crippen LogP contribution is -2.49. The number of thioether (sulfide) groups is 1. The standard InChI is InChI=1S/C23H32N4O6S/c1-22(2,3)32-20(30)18(21(31)33-23(4,5)6)24-14-16-17(19(28)29)26-27(25-16)12-13-34-15-10-8-7-9-11-15/h7-11,18,24H,12-14H2,1-6H3,(H,28,29). The molecular formula is C23H32N4O6S. The van der Waals surface area contributed by atoms with Gasteiger partial charge in [0.2, 0.25) is 6.04 Å². The second-order valence-corrected chi connectivity index (χ2v) is 10.6. The Labute approximate surface area is 203 Å². The number of carbonyl (C=O) groups is 3. The molecule has 1 aromatic carbocycles. The van der Waals surface area contributed by atoms with Crippen molar-refractivity contribution in [2.24, 2.45) is 0 Å². The monoisotopic (exact) mass is 492 g/mol. The van der Waals surface area contributed by atoms with Crippen LogP contribution in [-0.2, 0) is 32.2 Å². The molecule has 1 heterocycles. The smallest absolute Gasteiger partial charge is 0.358 e. The van der Waals surface area contributed by atoms with E-state index >= 15 is 0 Å². The number of nitrogens with one attached hydrogen (secondary N) is 1. The molecule has 11 heteroatoms. The van der Waals surface area contributed by atoms with Gasteiger partial charge >= 0.3 is 17.9 Å². The van der Waals surface area contributed by atoms with Crippen molar-refractivity contribution >= 4 is 29.7 Å². The second-order valence-electron chi connectivity index (χ2n) is 9.44. The molecule has 186 valence electrons. The van der Waals surface area contributed by atoms with E-state index in [2.05, 4.69) is 15.5 Å². The maximum absolute atomic E-state index is 12.7. The largest absolute Gasteiger partial charge is 0.476 e. The van der Waals surface area contributed by atoms with Crippen molar-refractivity contribution in [2.45, 2.75) is 76.8 Å². The summed E-state index contributed by atoms with van der Waals surface area (Å²) in [6.45, 7) is 10.3. The summed E-state index contributed by atoms with van der Waals surface area (Å²) in [6, 6.07) is 8.30. The zero-order chi connectivity index (χ0) is 25.5. The van der Waals surface area contributed by atoms with Crippen LogP contribution in [0.5, 0.6) is 0 Å². The molecule has 0 saturated carbocycles. The van der Waals surface area contributed by atoms with Gasteiger partial charge in [0, 0.05) is 17.2 Å². The molecule has 1 aromatic heterocycles. The van der Waals surface area contributed by atoms with Crippen molar-refractivity contribution in [3.8, 4) is 0 Å². The van der Waals surface area contributed by atoms with Gasteiger partial charge < -0.3 is 14.6 Å². The van der Waals surface area contributed by atoms with Gasteiger partial charge in [0.15, 0.2) is 5.69 Å². The molecule has 0 aliphatic heterocycles. The molecule has 0 saturated heterocycles. The minimum Gasteiger partial charge on any atom is -0.476 e. The van der Waals surface area contributed by atoms with E-state index in [9.17, 15) is 19.5 Å². The summed E-state index contributed by atoms with van der Waals surface area (Å²) in [6.07, 6.45) is 0. The quantitative estimate of drug-likeness (QED) is 0.290. The number of benzene rings is 1. The number of carboxylic acid groups (broad SMARTS) is 1. The lowest BCUT2D eigenvalue weighted by molar-refractivity contribution is -0.170. The SMILES string of the molecule is CC(C)(C)OC(=O)C(NCc1nn(CCSc2ccccc2)nc1C(=O)O)C(=O)OC(C)(C)C. The van der Waals surface area contributed by atoms with Crippen LogP contribution in [0.1, 0.15) is 57.7 Å². The van der Waals surface area contributed by atoms with Crippen LogP contribution in [0.3, 0.4) is 0 Å². The summed E-state index contributed by atoms with van der Waals surface area (Å²) in [4.78, 5) is 39.4. The van der Waals surface area contributed by atoms with Crippen LogP contribution in [0.15, 0.2) is 35.2 Å². The number of ether oxygens (including phenoxy) is 2. The highest BCUT2D eigenvalue weighted by Gasteiger charge is 2.35. The zero-order valence-electron chi connectivity index (χ0n) is 20.3. The van der Waals surface area contributed by atoms with E-state index in [1.165, 1.54) is 4.80 Å². The van der Waals surface area contributed by atoms with Crippen molar-refractivity contribution in [1.82, 2.24) is 20.3 Å². The van der Waals surface area contributed by atoms with E-state index < -0.39 is 35.2 Å². The molecule has 2 rings (SSSR count). The van der Waals surface area contributed by atoms with E-state index in [1.807, 2.05) is 30.3 Å². The maximum Gasteiger partial charge on any atom is 0.358 e. The molecule has 0 spiro atoms. The summed E-state index contributed by atoms with van der Waals surface area (Å²) in [5.41, 5.74) is -1.83. The molecule has 2 aromatic rings. The maximum atomic E-state index is 12.7. The van der Waals surface area contributed by atoms with E-state index in [1.54, 1.807) is 53.3 Å². The second kappa shape index (κ2) is 11.5. The Kier molecular flexibility index (Phi) is 9.22. The van der Waals surface area contributed by atoms with Crippen LogP contribution in [0.2, 0.25) is 0 Å². The highest BCUT2D eigenvalue weighted by Crippen LogP contribution is 2.17. The molecule has 0 aliphatic carbocycles. The van der Waals surface area contributed by atoms with Gasteiger partial charge in [0.05, 0.1) is 6.54 Å². The van der Waals surface area contributed by atoms with Gasteiger partial charge in [0.1, 0.15) is 16.9 Å². The number of carboxylic acids is 1. The van der Waals surface area contributed by atoms with Crippen LogP contribution in [-0.4, -0.2) is 61.0 Å². The van der Waals surface area contributed by atoms with E-state index in [0.717, 1.165) is 4.90 Å². The number of nitrogens with zero attached hydrogens (tertiary/aromatic N) is 3. The molecule has 0 amide bonds. The average Bonchev–Trinajstić information content (AvgIpc) is 3.09. The minimum atomic E-state index is -1.46. The summed E-state index contributed by atoms with van der Waals surface area (Å²) >= 11 is 1.59. The molecule has 0 aliphatic rings. The van der Waals surface area contributed by atoms with Gasteiger partial charge in [-0.15, -0.1) is 16.9 Å². The normalized spacial score (nSPS) is 12.0. The van der Waals surface area contributed by atoms with E-state index in [-0.39, 0.29) is 17.9 Å². The third-order valence-electron chi connectivity index (χ3n) is 3.99. The first-order valence-electron chi connectivity index (χ1n) is 10.8. The Bertz CT molecular complexity index is 967. The molecule has 0 fully saturated rings. The number of aryl methyl sites for hydroxylation is 1. The van der Waals surface area contributed by atoms with Gasteiger partial charge in [-0.05, 0) is 53.7 Å². The first-order valence-corrected chi connectivity index (χ1v) is 11.8. The fourth-order valence-electron chi connectivity index (χ4n) is 2.71. The Morgan fingerprint density at radius 2 is 1.56 bits per heavy atom. The predicted molar refractivity (Wildman–Crippen MR) is 126 cm³/mol. The van der Waals surface area contributed by atoms with Crippen molar-refractivity contribution in [1.29, 1.82) is 0 Å². The first-order chi connectivity index (χ1) is 15.7. The fraction of sp³-hybridized carbons (Fsp3) is 0.522. The van der Waals surface area contributed by atoms with Crippen LogP contribution in [0.4, 0.5) is 0 Å². The van der Waals surface area contributed by atoms with Gasteiger partial charge in [-0.3, -0.25) is 5.32 Å². The van der Waals surface area contributed by atoms with Gasteiger partial charge in [-0.25, -0.2) is 14.4 Å². The fourth-order valence-corrected chi connectivity index (χ4v) is 3.55. The van der Waals surface area contributed by atoms with Crippen LogP contribution < -0.4 is 5.32 Å². The lowest BCUT2D eigenvalue weighted by atomic mass is 10.1. The minimum absolute atomic E-state index is 0.0920. The Balaban J connectivity index is 2.13. The van der Waals surface area contributed by atoms with Crippen LogP contribution >= 0.6 is 11.8 Å². The van der Waals surface area contributed by atoms with Gasteiger partial charge in [-0.2, -0.15) is 9.90 Å². The molecule has 2 N–H and O–H groups in total. The van der Waals surface area contributed by atoms with E-state index in [0.29, 0.717) is 12.3 Å². The Morgan fingerprint density at radius 3 is 2.06 bits per heavy atom. The van der Waals surface area contributed by atoms with Crippen molar-refractivity contribution in [3.63, 3.8) is 0 Å². The van der Waals surface area contributed by atoms with Crippen LogP contribution in [0, 0.1) is 0 Å². The predicted octanol–water partition coefficient (Wildman–Crippen LogP) is 2.91. The zero-order valence-corrected chi connectivity index (χ0v) is 21.1. The third-order valence-corrected chi connectivity index (χ3v) is 4.98. The molecular weight excluding hydrogens is 460 g/mol. The number of esters is 2. The van der Waals surface area contributed by atoms with Crippen molar-refractivity contribution in [2.75, 3.05) is 5.75 Å². The number of hydrogen-bond donors (Lipinski definition) is 2. The third kappa shape index (κ3) is 9.14. The lowest BCUT2D eigenvalue weighted by Gasteiger charge is -2.26. The summed E-state index contributed by atoms with van der Waals surface area (Å²) < 4.78 is 10.7. The number of rotatable bonds is 10. The number of hydrogen-bond acceptors (Lipinski definition) is 9. The van der Waals surface area contributed by atoms with Gasteiger partial charge in [0.25, 0.3) is 0 Å². The number of aromatic nitrogens is 3. The molecule has 0 radical (unpaired) electrons. The topological polar surface area (TPSA) is 133 Å². The number of aromatic carboxylic acids is 1. The van der Waals surface area contributed by atoms with Crippen molar-refractivity contribution < 1.29 is 29.0 Å². The summed E-state index contributed by atoms with van der Waals surface area (Å²) in [7, 11) is 0. The molecule has 0 bridgehead atoms. The Morgan fingerprint density at radius 1 is 1.00 bits per heavy atom. The summed E-state index contributed by atoms with van der Waals surface area (Å²) in [5, 5.41) is 20.6. The molecule has 34 heavy (non-hydrogen) atoms. The molecule has 10 nitrogen and oxygen atoms in total. The number of carbonyl (C=O) groups excluding carboxylic acids is 2. The molecule has 0 unspecified atom stereocenters. The van der Waals surface area contributed by atoms with E-state index in [4.69, 9.17) is 9.47 Å². The van der Waals surface area contributed by atoms with Gasteiger partial charge in [-0.1, -0.05) is 18.2 Å². The highest BCUT2D eigenvalue weighted by atomic mass is 32.2. The molecule has 0 atom stereocenters. The highest BCUT2D eigenvalue weighted by molar-refractivity contribution is 7.99. The van der Waals surface area contributed by atoms with Crippen molar-refractivity contribution in [3.05, 3.63) is 41.7 Å². The first kappa shape index (κ1) is 27.3.